The van der Waals surface area contributed by atoms with Gasteiger partial charge in [-0.05, 0) is 17.4 Å². The Kier molecular flexibility index (Phi) is 2.36. The average Bonchev–Trinajstić information content (AvgIpc) is 1.83. The Morgan fingerprint density at radius 3 is 2.17 bits per heavy atom. The predicted octanol–water partition coefficient (Wildman–Crippen LogP) is 3.90. The van der Waals surface area contributed by atoms with Crippen LogP contribution in [0.15, 0.2) is 23.3 Å². The molecule has 12 heavy (non-hydrogen) atoms. The van der Waals surface area contributed by atoms with Gasteiger partial charge in [-0.15, -0.1) is 0 Å². The molecule has 0 saturated heterocycles. The Balaban J connectivity index is 2.98. The number of rotatable bonds is 0. The van der Waals surface area contributed by atoms with Gasteiger partial charge in [0.15, 0.2) is 0 Å². The summed E-state index contributed by atoms with van der Waals surface area (Å²) in [4.78, 5) is 0. The van der Waals surface area contributed by atoms with Gasteiger partial charge >= 0.3 is 0 Å². The summed E-state index contributed by atoms with van der Waals surface area (Å²) in [7, 11) is 0. The minimum atomic E-state index is -0.383. The first-order chi connectivity index (χ1) is 5.41. The van der Waals surface area contributed by atoms with Crippen LogP contribution in [0.25, 0.3) is 0 Å². The van der Waals surface area contributed by atoms with Gasteiger partial charge < -0.3 is 0 Å². The lowest BCUT2D eigenvalue weighted by Gasteiger charge is -2.25. The normalized spacial score (nSPS) is 19.6. The van der Waals surface area contributed by atoms with E-state index in [0.717, 1.165) is 11.6 Å². The van der Waals surface area contributed by atoms with Crippen molar-refractivity contribution in [1.29, 1.82) is 0 Å². The predicted molar refractivity (Wildman–Crippen MR) is 46.0 cm³/mol. The Labute approximate surface area is 72.0 Å². The van der Waals surface area contributed by atoms with Crippen LogP contribution >= 0.6 is 0 Å². The Hall–Kier alpha value is -0.660. The van der Waals surface area contributed by atoms with E-state index in [1.54, 1.807) is 0 Å². The molecule has 1 aliphatic carbocycles. The molecule has 0 aromatic rings. The second-order valence-electron chi connectivity index (χ2n) is 4.17. The molecule has 0 atom stereocenters. The maximum Gasteiger partial charge on any atom is 0.125 e. The number of halogens is 2. The van der Waals surface area contributed by atoms with Gasteiger partial charge in [0.2, 0.25) is 0 Å². The van der Waals surface area contributed by atoms with Crippen LogP contribution < -0.4 is 0 Å². The van der Waals surface area contributed by atoms with Crippen molar-refractivity contribution in [3.63, 3.8) is 0 Å². The first kappa shape index (κ1) is 9.43. The van der Waals surface area contributed by atoms with E-state index in [0.29, 0.717) is 12.8 Å². The molecule has 68 valence electrons. The molecule has 0 saturated carbocycles. The molecule has 0 amide bonds. The van der Waals surface area contributed by atoms with Gasteiger partial charge in [-0.25, -0.2) is 8.78 Å². The van der Waals surface area contributed by atoms with E-state index < -0.39 is 0 Å². The van der Waals surface area contributed by atoms with Crippen LogP contribution in [0.5, 0.6) is 0 Å². The molecular formula is C10H14F2. The fourth-order valence-corrected chi connectivity index (χ4v) is 1.39. The summed E-state index contributed by atoms with van der Waals surface area (Å²) in [5, 5.41) is 0. The summed E-state index contributed by atoms with van der Waals surface area (Å²) in [6.45, 7) is 5.83. The zero-order valence-electron chi connectivity index (χ0n) is 7.75. The van der Waals surface area contributed by atoms with Gasteiger partial charge in [-0.2, -0.15) is 0 Å². The molecule has 0 fully saturated rings. The second-order valence-corrected chi connectivity index (χ2v) is 4.17. The highest BCUT2D eigenvalue weighted by Gasteiger charge is 2.23. The summed E-state index contributed by atoms with van der Waals surface area (Å²) in [6.07, 6.45) is 1.86. The van der Waals surface area contributed by atoms with Crippen LogP contribution in [-0.2, 0) is 0 Å². The van der Waals surface area contributed by atoms with Gasteiger partial charge in [0.1, 0.15) is 11.7 Å². The topological polar surface area (TPSA) is 0 Å². The molecule has 0 aromatic carbocycles. The number of allylic oxidation sites excluding steroid dienone is 4. The van der Waals surface area contributed by atoms with Crippen LogP contribution in [0.4, 0.5) is 8.78 Å². The maximum absolute atomic E-state index is 13.2. The molecule has 0 spiro atoms. The van der Waals surface area contributed by atoms with Crippen molar-refractivity contribution in [2.24, 2.45) is 5.41 Å². The lowest BCUT2D eigenvalue weighted by molar-refractivity contribution is 0.434. The largest absolute Gasteiger partial charge is 0.212 e. The minimum Gasteiger partial charge on any atom is -0.212 e. The summed E-state index contributed by atoms with van der Waals surface area (Å²) >= 11 is 0. The Morgan fingerprint density at radius 2 is 1.75 bits per heavy atom. The lowest BCUT2D eigenvalue weighted by atomic mass is 9.81. The molecular weight excluding hydrogens is 158 g/mol. The fraction of sp³-hybridized carbons (Fsp3) is 0.600. The van der Waals surface area contributed by atoms with E-state index in [2.05, 4.69) is 0 Å². The molecule has 0 nitrogen and oxygen atoms in total. The Morgan fingerprint density at radius 1 is 1.17 bits per heavy atom. The van der Waals surface area contributed by atoms with Crippen molar-refractivity contribution in [2.45, 2.75) is 33.6 Å². The molecule has 1 aliphatic rings. The van der Waals surface area contributed by atoms with Gasteiger partial charge in [0.25, 0.3) is 0 Å². The van der Waals surface area contributed by atoms with Crippen molar-refractivity contribution in [1.82, 2.24) is 0 Å². The van der Waals surface area contributed by atoms with Crippen LogP contribution in [-0.4, -0.2) is 0 Å². The first-order valence-corrected chi connectivity index (χ1v) is 4.16. The van der Waals surface area contributed by atoms with E-state index in [1.807, 2.05) is 20.8 Å². The second kappa shape index (κ2) is 3.00. The molecule has 2 heteroatoms. The summed E-state index contributed by atoms with van der Waals surface area (Å²) in [6, 6.07) is 0. The third-order valence-corrected chi connectivity index (χ3v) is 2.09. The third kappa shape index (κ3) is 1.93. The van der Waals surface area contributed by atoms with Gasteiger partial charge in [0, 0.05) is 12.5 Å². The molecule has 0 bridgehead atoms. The standard InChI is InChI=1S/C10H14F2/c1-10(2,3)8-5-4-7(11)6-9(8)12/h6H,4-5H2,1-3H3. The van der Waals surface area contributed by atoms with Crippen molar-refractivity contribution in [3.05, 3.63) is 23.3 Å². The molecule has 0 aliphatic heterocycles. The smallest absolute Gasteiger partial charge is 0.125 e. The van der Waals surface area contributed by atoms with Crippen molar-refractivity contribution < 1.29 is 8.78 Å². The maximum atomic E-state index is 13.2. The zero-order chi connectivity index (χ0) is 9.35. The summed E-state index contributed by atoms with van der Waals surface area (Å²) < 4.78 is 25.7. The quantitative estimate of drug-likeness (QED) is 0.519. The summed E-state index contributed by atoms with van der Waals surface area (Å²) in [5.41, 5.74) is 0.547. The first-order valence-electron chi connectivity index (χ1n) is 4.16. The van der Waals surface area contributed by atoms with Crippen molar-refractivity contribution in [2.75, 3.05) is 0 Å². The minimum absolute atomic E-state index is 0.179. The number of hydrogen-bond acceptors (Lipinski definition) is 0. The highest BCUT2D eigenvalue weighted by Crippen LogP contribution is 2.37. The fourth-order valence-electron chi connectivity index (χ4n) is 1.39. The molecule has 1 rings (SSSR count). The molecule has 0 unspecified atom stereocenters. The molecule has 0 N–H and O–H groups in total. The van der Waals surface area contributed by atoms with Crippen LogP contribution in [0.3, 0.4) is 0 Å². The van der Waals surface area contributed by atoms with Crippen LogP contribution in [0.1, 0.15) is 33.6 Å². The monoisotopic (exact) mass is 172 g/mol. The van der Waals surface area contributed by atoms with Crippen molar-refractivity contribution >= 4 is 0 Å². The SMILES string of the molecule is CC(C)(C)C1=C(F)C=C(F)CC1. The summed E-state index contributed by atoms with van der Waals surface area (Å²) in [5.74, 6) is -0.730. The number of hydrogen-bond donors (Lipinski definition) is 0. The van der Waals surface area contributed by atoms with E-state index in [4.69, 9.17) is 0 Å². The van der Waals surface area contributed by atoms with Gasteiger partial charge in [-0.1, -0.05) is 20.8 Å². The van der Waals surface area contributed by atoms with Crippen molar-refractivity contribution in [3.8, 4) is 0 Å². The zero-order valence-corrected chi connectivity index (χ0v) is 7.75. The Bertz CT molecular complexity index is 241. The highest BCUT2D eigenvalue weighted by atomic mass is 19.1. The van der Waals surface area contributed by atoms with E-state index in [-0.39, 0.29) is 17.1 Å². The van der Waals surface area contributed by atoms with E-state index >= 15 is 0 Å². The molecule has 0 radical (unpaired) electrons. The van der Waals surface area contributed by atoms with Crippen LogP contribution in [0.2, 0.25) is 0 Å². The lowest BCUT2D eigenvalue weighted by Crippen LogP contribution is -2.12. The van der Waals surface area contributed by atoms with Gasteiger partial charge in [0.05, 0.1) is 0 Å². The highest BCUT2D eigenvalue weighted by molar-refractivity contribution is 5.29. The molecule has 0 aromatic heterocycles. The third-order valence-electron chi connectivity index (χ3n) is 2.09. The average molecular weight is 172 g/mol. The van der Waals surface area contributed by atoms with Crippen LogP contribution in [0, 0.1) is 5.41 Å². The molecule has 0 heterocycles. The van der Waals surface area contributed by atoms with Gasteiger partial charge in [-0.3, -0.25) is 0 Å². The van der Waals surface area contributed by atoms with E-state index in [1.165, 1.54) is 0 Å². The van der Waals surface area contributed by atoms with E-state index in [9.17, 15) is 8.78 Å².